The lowest BCUT2D eigenvalue weighted by molar-refractivity contribution is 0.252. The van der Waals surface area contributed by atoms with Gasteiger partial charge in [-0.1, -0.05) is 23.2 Å². The van der Waals surface area contributed by atoms with Crippen LogP contribution in [0.25, 0.3) is 0 Å². The fraction of sp³-hybridized carbons (Fsp3) is 0.250. The number of carbonyl (C=O) groups excluding carboxylic acids is 1. The second-order valence-electron chi connectivity index (χ2n) is 3.95. The van der Waals surface area contributed by atoms with E-state index >= 15 is 0 Å². The molecule has 1 atom stereocenters. The second kappa shape index (κ2) is 7.26. The highest BCUT2D eigenvalue weighted by molar-refractivity contribution is 6.70. The number of azo groups is 1. The Morgan fingerprint density at radius 3 is 2.67 bits per heavy atom. The van der Waals surface area contributed by atoms with Gasteiger partial charge in [0, 0.05) is 5.02 Å². The van der Waals surface area contributed by atoms with E-state index in [0.29, 0.717) is 10.7 Å². The molecule has 0 saturated heterocycles. The van der Waals surface area contributed by atoms with Gasteiger partial charge >= 0.3 is 6.03 Å². The van der Waals surface area contributed by atoms with Gasteiger partial charge in [0.05, 0.1) is 18.8 Å². The van der Waals surface area contributed by atoms with Gasteiger partial charge in [-0.2, -0.15) is 15.2 Å². The van der Waals surface area contributed by atoms with Crippen LogP contribution in [0.5, 0.6) is 0 Å². The van der Waals surface area contributed by atoms with Gasteiger partial charge in [0.15, 0.2) is 6.04 Å². The maximum Gasteiger partial charge on any atom is 0.347 e. The molecule has 0 radical (unpaired) electrons. The zero-order valence-electron chi connectivity index (χ0n) is 10.7. The molecule has 0 spiro atoms. The molecule has 110 valence electrons. The van der Waals surface area contributed by atoms with E-state index in [1.54, 1.807) is 24.3 Å². The molecule has 2 rings (SSSR count). The van der Waals surface area contributed by atoms with Gasteiger partial charge < -0.3 is 5.11 Å². The summed E-state index contributed by atoms with van der Waals surface area (Å²) < 4.78 is 0. The van der Waals surface area contributed by atoms with Crippen LogP contribution < -0.4 is 5.32 Å². The van der Waals surface area contributed by atoms with Gasteiger partial charge in [0.2, 0.25) is 0 Å². The number of benzene rings is 1. The topological polar surface area (TPSA) is 98.8 Å². The number of hydrogen-bond acceptors (Lipinski definition) is 5. The summed E-state index contributed by atoms with van der Waals surface area (Å²) in [4.78, 5) is 18.9. The number of amides is 2. The van der Waals surface area contributed by atoms with Crippen LogP contribution in [-0.4, -0.2) is 41.3 Å². The number of aliphatic hydroxyl groups excluding tert-OH is 1. The number of urea groups is 1. The monoisotopic (exact) mass is 327 g/mol. The summed E-state index contributed by atoms with van der Waals surface area (Å²) >= 11 is 11.7. The lowest BCUT2D eigenvalue weighted by Gasteiger charge is -2.17. The Bertz CT molecular complexity index is 613. The summed E-state index contributed by atoms with van der Waals surface area (Å²) in [6.07, 6.45) is 0. The van der Waals surface area contributed by atoms with E-state index in [-0.39, 0.29) is 24.2 Å². The number of aliphatic imine (C=N–C) groups is 2. The van der Waals surface area contributed by atoms with Crippen LogP contribution in [0, 0.1) is 0 Å². The molecule has 1 heterocycles. The Balaban J connectivity index is 2.23. The first-order chi connectivity index (χ1) is 10.1. The third kappa shape index (κ3) is 4.32. The second-order valence-corrected chi connectivity index (χ2v) is 4.77. The normalized spacial score (nSPS) is 20.7. The van der Waals surface area contributed by atoms with E-state index in [9.17, 15) is 4.79 Å². The molecule has 1 aromatic carbocycles. The number of aliphatic hydroxyl groups is 1. The highest BCUT2D eigenvalue weighted by Crippen LogP contribution is 2.18. The van der Waals surface area contributed by atoms with E-state index in [1.165, 1.54) is 0 Å². The largest absolute Gasteiger partial charge is 0.394 e. The first kappa shape index (κ1) is 15.6. The van der Waals surface area contributed by atoms with Crippen molar-refractivity contribution in [3.63, 3.8) is 0 Å². The van der Waals surface area contributed by atoms with Gasteiger partial charge in [-0.05, 0) is 24.3 Å². The first-order valence-electron chi connectivity index (χ1n) is 5.97. The average Bonchev–Trinajstić information content (AvgIpc) is 2.45. The molecule has 0 bridgehead atoms. The van der Waals surface area contributed by atoms with Crippen molar-refractivity contribution in [2.75, 3.05) is 13.2 Å². The molecule has 1 aliphatic heterocycles. The Morgan fingerprint density at radius 1 is 1.29 bits per heavy atom. The third-order valence-corrected chi connectivity index (χ3v) is 2.97. The zero-order chi connectivity index (χ0) is 15.2. The van der Waals surface area contributed by atoms with Crippen LogP contribution >= 0.6 is 23.2 Å². The zero-order valence-corrected chi connectivity index (χ0v) is 12.2. The first-order valence-corrected chi connectivity index (χ1v) is 6.72. The summed E-state index contributed by atoms with van der Waals surface area (Å²) in [6.45, 7) is -0.0398. The molecule has 1 unspecified atom stereocenters. The summed E-state index contributed by atoms with van der Waals surface area (Å²) in [7, 11) is 0. The summed E-state index contributed by atoms with van der Waals surface area (Å²) in [5, 5.41) is 19.8. The minimum Gasteiger partial charge on any atom is -0.394 e. The van der Waals surface area contributed by atoms with E-state index in [0.717, 1.165) is 0 Å². The molecule has 21 heavy (non-hydrogen) atoms. The summed E-state index contributed by atoms with van der Waals surface area (Å²) in [5.41, 5.74) is 0.572. The van der Waals surface area contributed by atoms with Crippen LogP contribution in [0.15, 0.2) is 44.5 Å². The Hall–Kier alpha value is -1.83. The Kier molecular flexibility index (Phi) is 5.38. The van der Waals surface area contributed by atoms with Crippen molar-refractivity contribution in [2.24, 2.45) is 20.2 Å². The quantitative estimate of drug-likeness (QED) is 0.830. The van der Waals surface area contributed by atoms with Crippen LogP contribution in [0.4, 0.5) is 10.5 Å². The van der Waals surface area contributed by atoms with Crippen molar-refractivity contribution in [1.29, 1.82) is 0 Å². The summed E-state index contributed by atoms with van der Waals surface area (Å²) in [5.74, 6) is 0.201. The molecule has 0 aliphatic carbocycles. The molecule has 0 fully saturated rings. The predicted molar refractivity (Wildman–Crippen MR) is 81.0 cm³/mol. The molecule has 0 saturated carbocycles. The van der Waals surface area contributed by atoms with Gasteiger partial charge in [0.1, 0.15) is 11.0 Å². The molecule has 7 nitrogen and oxygen atoms in total. The maximum atomic E-state index is 11.3. The van der Waals surface area contributed by atoms with Crippen LogP contribution in [-0.2, 0) is 0 Å². The Labute approximate surface area is 130 Å². The minimum absolute atomic E-state index is 0.0341. The van der Waals surface area contributed by atoms with Gasteiger partial charge in [-0.15, -0.1) is 0 Å². The molecule has 1 aliphatic rings. The van der Waals surface area contributed by atoms with E-state index < -0.39 is 12.1 Å². The predicted octanol–water partition coefficient (Wildman–Crippen LogP) is 2.54. The van der Waals surface area contributed by atoms with Crippen LogP contribution in [0.2, 0.25) is 5.02 Å². The Morgan fingerprint density at radius 2 is 2.00 bits per heavy atom. The van der Waals surface area contributed by atoms with Crippen molar-refractivity contribution >= 4 is 45.9 Å². The van der Waals surface area contributed by atoms with Crippen molar-refractivity contribution in [3.8, 4) is 0 Å². The fourth-order valence-electron chi connectivity index (χ4n) is 1.51. The number of nitrogens with one attached hydrogen (secondary N) is 1. The molecular weight excluding hydrogens is 317 g/mol. The van der Waals surface area contributed by atoms with Crippen molar-refractivity contribution in [1.82, 2.24) is 5.32 Å². The smallest absolute Gasteiger partial charge is 0.347 e. The molecule has 2 N–H and O–H groups in total. The van der Waals surface area contributed by atoms with Crippen LogP contribution in [0.1, 0.15) is 0 Å². The highest BCUT2D eigenvalue weighted by Gasteiger charge is 2.28. The van der Waals surface area contributed by atoms with Gasteiger partial charge in [0.25, 0.3) is 0 Å². The average molecular weight is 328 g/mol. The van der Waals surface area contributed by atoms with E-state index in [2.05, 4.69) is 25.5 Å². The van der Waals surface area contributed by atoms with Gasteiger partial charge in [-0.3, -0.25) is 10.3 Å². The number of hydrogen-bond donors (Lipinski definition) is 2. The van der Waals surface area contributed by atoms with Crippen LogP contribution in [0.3, 0.4) is 0 Å². The third-order valence-electron chi connectivity index (χ3n) is 2.43. The highest BCUT2D eigenvalue weighted by atomic mass is 35.5. The van der Waals surface area contributed by atoms with E-state index in [1.807, 2.05) is 0 Å². The number of amidine groups is 1. The number of carbonyl (C=O) groups is 1. The summed E-state index contributed by atoms with van der Waals surface area (Å²) in [6, 6.07) is 5.29. The standard InChI is InChI=1S/C12H11Cl2N5O2/c13-7-1-3-8(4-2-7)18-19-9-10(14)16-12(21)17-11(9)15-5-6-20/h1-4,9,20H,5-6H2,(H,15,17,21). The maximum absolute atomic E-state index is 11.3. The minimum atomic E-state index is -0.799. The molecule has 1 aromatic rings. The van der Waals surface area contributed by atoms with Crippen molar-refractivity contribution in [2.45, 2.75) is 6.04 Å². The molecular formula is C12H11Cl2N5O2. The number of halogens is 2. The molecule has 9 heteroatoms. The number of rotatable bonds is 4. The fourth-order valence-corrected chi connectivity index (χ4v) is 1.86. The lowest BCUT2D eigenvalue weighted by Crippen LogP contribution is -2.44. The number of nitrogens with zero attached hydrogens (tertiary/aromatic N) is 4. The van der Waals surface area contributed by atoms with Crippen molar-refractivity contribution in [3.05, 3.63) is 29.3 Å². The molecule has 2 amide bonds. The molecule has 0 aromatic heterocycles. The SMILES string of the molecule is O=C1N=C(Cl)C(N=Nc2ccc(Cl)cc2)C(=NCCO)N1. The van der Waals surface area contributed by atoms with E-state index in [4.69, 9.17) is 28.3 Å². The van der Waals surface area contributed by atoms with Crippen molar-refractivity contribution < 1.29 is 9.90 Å². The van der Waals surface area contributed by atoms with Gasteiger partial charge in [-0.25, -0.2) is 4.79 Å². The lowest BCUT2D eigenvalue weighted by atomic mass is 10.2.